The average Bonchev–Trinajstić information content (AvgIpc) is 1.94. The molecule has 1 rings (SSSR count). The van der Waals surface area contributed by atoms with E-state index in [1.165, 1.54) is 0 Å². The summed E-state index contributed by atoms with van der Waals surface area (Å²) in [4.78, 5) is 0. The van der Waals surface area contributed by atoms with E-state index in [9.17, 15) is 12.9 Å². The zero-order valence-electron chi connectivity index (χ0n) is 7.11. The summed E-state index contributed by atoms with van der Waals surface area (Å²) >= 11 is 5.65. The third-order valence-electron chi connectivity index (χ3n) is 0.958. The molecule has 0 aliphatic carbocycles. The normalized spacial score (nSPS) is 7.69. The number of halogens is 4. The zero-order chi connectivity index (χ0) is 9.56. The van der Waals surface area contributed by atoms with Crippen LogP contribution in [-0.2, 0) is 0 Å². The molecule has 13 heavy (non-hydrogen) atoms. The third-order valence-corrected chi connectivity index (χ3v) is 1.33. The van der Waals surface area contributed by atoms with Crippen molar-refractivity contribution in [1.29, 1.82) is 0 Å². The first kappa shape index (κ1) is 16.3. The Kier molecular flexibility index (Phi) is 11.8. The second kappa shape index (κ2) is 9.43. The first-order valence-corrected chi connectivity index (χ1v) is 3.40. The van der Waals surface area contributed by atoms with Crippen LogP contribution in [0, 0.1) is 6.92 Å². The Bertz CT molecular complexity index is 211. The van der Waals surface area contributed by atoms with E-state index < -0.39 is 7.54 Å². The molecule has 0 aliphatic heterocycles. The van der Waals surface area contributed by atoms with Gasteiger partial charge in [-0.1, -0.05) is 11.1 Å². The van der Waals surface area contributed by atoms with Crippen molar-refractivity contribution in [2.24, 2.45) is 0 Å². The van der Waals surface area contributed by atoms with Crippen molar-refractivity contribution in [3.05, 3.63) is 41.8 Å². The maximum Gasteiger partial charge on any atom is 1.00 e. The molecular formula is C7H6BClF3K. The molecule has 66 valence electrons. The van der Waals surface area contributed by atoms with Gasteiger partial charge in [0.1, 0.15) is 0 Å². The third kappa shape index (κ3) is 10.8. The summed E-state index contributed by atoms with van der Waals surface area (Å²) in [7, 11) is -3.67. The van der Waals surface area contributed by atoms with Gasteiger partial charge in [-0.2, -0.15) is 30.2 Å². The second-order valence-electron chi connectivity index (χ2n) is 1.84. The Morgan fingerprint density at radius 1 is 1.15 bits per heavy atom. The number of hydrogen-bond donors (Lipinski definition) is 0. The molecule has 0 aromatic heterocycles. The molecule has 1 aromatic rings. The van der Waals surface area contributed by atoms with Gasteiger partial charge in [0.25, 0.3) is 0 Å². The van der Waals surface area contributed by atoms with Crippen LogP contribution in [0.3, 0.4) is 0 Å². The van der Waals surface area contributed by atoms with E-state index in [0.717, 1.165) is 10.6 Å². The van der Waals surface area contributed by atoms with E-state index >= 15 is 0 Å². The van der Waals surface area contributed by atoms with Gasteiger partial charge in [0, 0.05) is 0 Å². The molecule has 0 heterocycles. The van der Waals surface area contributed by atoms with Crippen LogP contribution in [0.2, 0.25) is 5.02 Å². The predicted octanol–water partition coefficient (Wildman–Crippen LogP) is 0.406. The summed E-state index contributed by atoms with van der Waals surface area (Å²) in [5.74, 6) is 0. The van der Waals surface area contributed by atoms with Gasteiger partial charge >= 0.3 is 58.9 Å². The van der Waals surface area contributed by atoms with Crippen LogP contribution in [0.1, 0.15) is 5.56 Å². The standard InChI is InChI=1S/C7H6Cl.BF3.K/c1-6-4-2-3-5-7(6)8;2-1(3)4;/h2-5H,1H2;;/q-1;;+1. The van der Waals surface area contributed by atoms with Crippen molar-refractivity contribution >= 4 is 19.1 Å². The molecule has 0 N–H and O–H groups in total. The van der Waals surface area contributed by atoms with Gasteiger partial charge in [-0.3, -0.25) is 12.9 Å². The molecule has 0 amide bonds. The second-order valence-corrected chi connectivity index (χ2v) is 2.25. The van der Waals surface area contributed by atoms with E-state index in [2.05, 4.69) is 6.92 Å². The van der Waals surface area contributed by atoms with Crippen molar-refractivity contribution in [2.75, 3.05) is 0 Å². The van der Waals surface area contributed by atoms with Crippen molar-refractivity contribution in [3.63, 3.8) is 0 Å². The molecule has 0 saturated heterocycles. The Hall–Kier alpha value is 0.871. The van der Waals surface area contributed by atoms with E-state index in [-0.39, 0.29) is 51.4 Å². The Morgan fingerprint density at radius 2 is 1.54 bits per heavy atom. The smallest absolute Gasteiger partial charge is 0.254 e. The van der Waals surface area contributed by atoms with Gasteiger partial charge in [0.05, 0.1) is 0 Å². The van der Waals surface area contributed by atoms with E-state index in [1.807, 2.05) is 24.3 Å². The minimum absolute atomic E-state index is 0. The topological polar surface area (TPSA) is 0 Å². The molecule has 0 spiro atoms. The SMILES string of the molecule is FB(F)F.[CH2-]c1ccccc1Cl.[K+]. The van der Waals surface area contributed by atoms with Crippen LogP contribution in [0.5, 0.6) is 0 Å². The molecule has 0 atom stereocenters. The minimum atomic E-state index is -3.67. The van der Waals surface area contributed by atoms with Crippen LogP contribution >= 0.6 is 11.6 Å². The van der Waals surface area contributed by atoms with E-state index in [4.69, 9.17) is 11.6 Å². The first-order chi connectivity index (χ1) is 5.54. The van der Waals surface area contributed by atoms with Crippen LogP contribution in [0.15, 0.2) is 24.3 Å². The molecule has 0 unspecified atom stereocenters. The van der Waals surface area contributed by atoms with Gasteiger partial charge in [-0.15, -0.1) is 12.1 Å². The Labute approximate surface area is 123 Å². The zero-order valence-corrected chi connectivity index (χ0v) is 11.0. The van der Waals surface area contributed by atoms with Gasteiger partial charge < -0.3 is 0 Å². The van der Waals surface area contributed by atoms with Crippen molar-refractivity contribution in [2.45, 2.75) is 0 Å². The summed E-state index contributed by atoms with van der Waals surface area (Å²) in [6, 6.07) is 7.50. The molecule has 0 nitrogen and oxygen atoms in total. The fourth-order valence-electron chi connectivity index (χ4n) is 0.498. The maximum absolute atomic E-state index is 9.67. The predicted molar refractivity (Wildman–Crippen MR) is 45.0 cm³/mol. The van der Waals surface area contributed by atoms with Crippen LogP contribution in [0.25, 0.3) is 0 Å². The van der Waals surface area contributed by atoms with Gasteiger partial charge in [0.2, 0.25) is 0 Å². The van der Waals surface area contributed by atoms with Crippen molar-refractivity contribution in [3.8, 4) is 0 Å². The summed E-state index contributed by atoms with van der Waals surface area (Å²) in [6.45, 7) is 3.69. The van der Waals surface area contributed by atoms with Crippen LogP contribution in [0.4, 0.5) is 12.9 Å². The largest absolute Gasteiger partial charge is 1.00 e. The molecule has 0 aliphatic rings. The molecule has 6 heteroatoms. The van der Waals surface area contributed by atoms with Crippen molar-refractivity contribution in [1.82, 2.24) is 0 Å². The van der Waals surface area contributed by atoms with E-state index in [1.54, 1.807) is 0 Å². The molecule has 1 aromatic carbocycles. The first-order valence-electron chi connectivity index (χ1n) is 3.02. The summed E-state index contributed by atoms with van der Waals surface area (Å²) in [6.07, 6.45) is 0. The molecular weight excluding hydrogens is 226 g/mol. The summed E-state index contributed by atoms with van der Waals surface area (Å²) in [5.41, 5.74) is 0.883. The van der Waals surface area contributed by atoms with Gasteiger partial charge in [-0.25, -0.2) is 0 Å². The monoisotopic (exact) mass is 232 g/mol. The summed E-state index contributed by atoms with van der Waals surface area (Å²) in [5, 5.41) is 0.729. The summed E-state index contributed by atoms with van der Waals surface area (Å²) < 4.78 is 29.0. The maximum atomic E-state index is 9.67. The molecule has 0 bridgehead atoms. The van der Waals surface area contributed by atoms with Crippen LogP contribution < -0.4 is 51.4 Å². The average molecular weight is 232 g/mol. The van der Waals surface area contributed by atoms with Crippen LogP contribution in [-0.4, -0.2) is 7.54 Å². The van der Waals surface area contributed by atoms with Gasteiger partial charge in [0.15, 0.2) is 0 Å². The number of benzene rings is 1. The van der Waals surface area contributed by atoms with Crippen molar-refractivity contribution < 1.29 is 64.3 Å². The van der Waals surface area contributed by atoms with Gasteiger partial charge in [-0.05, 0) is 0 Å². The van der Waals surface area contributed by atoms with E-state index in [0.29, 0.717) is 0 Å². The fourth-order valence-corrected chi connectivity index (χ4v) is 0.634. The molecule has 0 saturated carbocycles. The quantitative estimate of drug-likeness (QED) is 0.449. The number of hydrogen-bond acceptors (Lipinski definition) is 0. The molecule has 0 radical (unpaired) electrons. The Morgan fingerprint density at radius 3 is 1.77 bits per heavy atom. The number of rotatable bonds is 0. The Balaban J connectivity index is 0. The molecule has 0 fully saturated rings. The fraction of sp³-hybridized carbons (Fsp3) is 0. The minimum Gasteiger partial charge on any atom is -0.254 e.